The number of aryl methyl sites for hydroxylation is 1. The molecule has 0 spiro atoms. The van der Waals surface area contributed by atoms with Gasteiger partial charge in [0.05, 0.1) is 6.61 Å². The number of esters is 1. The summed E-state index contributed by atoms with van der Waals surface area (Å²) in [6.45, 7) is 3.70. The first-order chi connectivity index (χ1) is 8.13. The molecular formula is C13H12O4. The first-order valence-corrected chi connectivity index (χ1v) is 5.34. The van der Waals surface area contributed by atoms with Crippen molar-refractivity contribution in [3.8, 4) is 0 Å². The third-order valence-electron chi connectivity index (χ3n) is 2.43. The fourth-order valence-electron chi connectivity index (χ4n) is 1.62. The van der Waals surface area contributed by atoms with E-state index < -0.39 is 11.8 Å². The van der Waals surface area contributed by atoms with Crippen LogP contribution in [0.5, 0.6) is 0 Å². The zero-order valence-corrected chi connectivity index (χ0v) is 9.65. The molecule has 0 unspecified atom stereocenters. The van der Waals surface area contributed by atoms with Crippen molar-refractivity contribution < 1.29 is 18.7 Å². The lowest BCUT2D eigenvalue weighted by Crippen LogP contribution is -2.16. The molecule has 1 aromatic carbocycles. The van der Waals surface area contributed by atoms with Gasteiger partial charge in [0.1, 0.15) is 5.58 Å². The topological polar surface area (TPSA) is 56.5 Å². The molecule has 17 heavy (non-hydrogen) atoms. The Labute approximate surface area is 98.2 Å². The normalized spacial score (nSPS) is 10.5. The van der Waals surface area contributed by atoms with Crippen molar-refractivity contribution in [3.05, 3.63) is 35.6 Å². The third-order valence-corrected chi connectivity index (χ3v) is 2.43. The lowest BCUT2D eigenvalue weighted by atomic mass is 10.2. The number of ether oxygens (including phenoxy) is 1. The van der Waals surface area contributed by atoms with Crippen LogP contribution in [0.2, 0.25) is 0 Å². The average Bonchev–Trinajstić information content (AvgIpc) is 2.73. The molecule has 1 aromatic heterocycles. The van der Waals surface area contributed by atoms with Gasteiger partial charge in [-0.3, -0.25) is 4.79 Å². The molecule has 2 aromatic rings. The Balaban J connectivity index is 2.40. The minimum atomic E-state index is -0.885. The van der Waals surface area contributed by atoms with Crippen LogP contribution in [0.3, 0.4) is 0 Å². The largest absolute Gasteiger partial charge is 0.460 e. The summed E-state index contributed by atoms with van der Waals surface area (Å²) < 4.78 is 10.0. The van der Waals surface area contributed by atoms with E-state index in [-0.39, 0.29) is 12.4 Å². The fraction of sp³-hybridized carbons (Fsp3) is 0.231. The van der Waals surface area contributed by atoms with Gasteiger partial charge in [-0.1, -0.05) is 18.2 Å². The van der Waals surface area contributed by atoms with Crippen molar-refractivity contribution in [1.82, 2.24) is 0 Å². The molecule has 0 saturated heterocycles. The van der Waals surface area contributed by atoms with Gasteiger partial charge in [-0.15, -0.1) is 0 Å². The van der Waals surface area contributed by atoms with Crippen LogP contribution in [0.25, 0.3) is 11.0 Å². The van der Waals surface area contributed by atoms with E-state index in [4.69, 9.17) is 4.42 Å². The molecule has 0 atom stereocenters. The summed E-state index contributed by atoms with van der Waals surface area (Å²) in [6, 6.07) is 7.13. The van der Waals surface area contributed by atoms with Gasteiger partial charge in [0.2, 0.25) is 0 Å². The summed E-state index contributed by atoms with van der Waals surface area (Å²) >= 11 is 0. The van der Waals surface area contributed by atoms with E-state index in [0.717, 1.165) is 10.9 Å². The van der Waals surface area contributed by atoms with Gasteiger partial charge < -0.3 is 9.15 Å². The second-order valence-corrected chi connectivity index (χ2v) is 3.65. The fourth-order valence-corrected chi connectivity index (χ4v) is 1.62. The predicted molar refractivity (Wildman–Crippen MR) is 61.9 cm³/mol. The second-order valence-electron chi connectivity index (χ2n) is 3.65. The van der Waals surface area contributed by atoms with Gasteiger partial charge in [-0.2, -0.15) is 0 Å². The Bertz CT molecular complexity index is 580. The molecule has 0 amide bonds. The highest BCUT2D eigenvalue weighted by atomic mass is 16.5. The lowest BCUT2D eigenvalue weighted by Gasteiger charge is -1.97. The van der Waals surface area contributed by atoms with Crippen molar-refractivity contribution in [1.29, 1.82) is 0 Å². The molecular weight excluding hydrogens is 220 g/mol. The molecule has 4 nitrogen and oxygen atoms in total. The molecule has 88 valence electrons. The van der Waals surface area contributed by atoms with E-state index in [2.05, 4.69) is 4.74 Å². The standard InChI is InChI=1S/C13H12O4/c1-3-16-13(15)11(14)10-7-9-6-4-5-8(2)12(9)17-10/h4-7H,3H2,1-2H3. The molecule has 0 bridgehead atoms. The smallest absolute Gasteiger partial charge is 0.383 e. The van der Waals surface area contributed by atoms with E-state index in [0.29, 0.717) is 5.58 Å². The highest BCUT2D eigenvalue weighted by Crippen LogP contribution is 2.22. The molecule has 4 heteroatoms. The number of hydrogen-bond acceptors (Lipinski definition) is 4. The Morgan fingerprint density at radius 1 is 1.35 bits per heavy atom. The van der Waals surface area contributed by atoms with Gasteiger partial charge in [0.25, 0.3) is 0 Å². The minimum absolute atomic E-state index is 0.0211. The number of rotatable bonds is 3. The number of furan rings is 1. The number of carbonyl (C=O) groups excluding carboxylic acids is 2. The van der Waals surface area contributed by atoms with E-state index in [1.54, 1.807) is 13.0 Å². The van der Waals surface area contributed by atoms with Crippen LogP contribution in [0.4, 0.5) is 0 Å². The van der Waals surface area contributed by atoms with Crippen molar-refractivity contribution in [2.24, 2.45) is 0 Å². The first kappa shape index (κ1) is 11.4. The SMILES string of the molecule is CCOC(=O)C(=O)c1cc2cccc(C)c2o1. The molecule has 0 N–H and O–H groups in total. The van der Waals surface area contributed by atoms with E-state index in [1.165, 1.54) is 0 Å². The Kier molecular flexibility index (Phi) is 2.95. The van der Waals surface area contributed by atoms with Crippen LogP contribution >= 0.6 is 0 Å². The number of benzene rings is 1. The van der Waals surface area contributed by atoms with E-state index in [9.17, 15) is 9.59 Å². The predicted octanol–water partition coefficient (Wildman–Crippen LogP) is 2.49. The maximum Gasteiger partial charge on any atom is 0.383 e. The monoisotopic (exact) mass is 232 g/mol. The summed E-state index contributed by atoms with van der Waals surface area (Å²) in [5, 5.41) is 0.803. The van der Waals surface area contributed by atoms with E-state index in [1.807, 2.05) is 25.1 Å². The van der Waals surface area contributed by atoms with Crippen molar-refractivity contribution >= 4 is 22.7 Å². The maximum atomic E-state index is 11.6. The number of carbonyl (C=O) groups is 2. The van der Waals surface area contributed by atoms with Gasteiger partial charge in [-0.05, 0) is 25.5 Å². The van der Waals surface area contributed by atoms with Crippen LogP contribution < -0.4 is 0 Å². The summed E-state index contributed by atoms with van der Waals surface area (Å²) in [7, 11) is 0. The number of hydrogen-bond donors (Lipinski definition) is 0. The summed E-state index contributed by atoms with van der Waals surface area (Å²) in [5.41, 5.74) is 1.55. The third kappa shape index (κ3) is 2.06. The number of ketones is 1. The molecule has 0 saturated carbocycles. The zero-order valence-electron chi connectivity index (χ0n) is 9.65. The molecule has 0 aliphatic heterocycles. The lowest BCUT2D eigenvalue weighted by molar-refractivity contribution is -0.137. The van der Waals surface area contributed by atoms with Gasteiger partial charge in [0.15, 0.2) is 5.76 Å². The van der Waals surface area contributed by atoms with Crippen LogP contribution in [0, 0.1) is 6.92 Å². The molecule has 2 rings (SSSR count). The molecule has 1 heterocycles. The summed E-state index contributed by atoms with van der Waals surface area (Å²) in [6.07, 6.45) is 0. The van der Waals surface area contributed by atoms with E-state index >= 15 is 0 Å². The van der Waals surface area contributed by atoms with Gasteiger partial charge in [0, 0.05) is 5.39 Å². The molecule has 0 fully saturated rings. The number of fused-ring (bicyclic) bond motifs is 1. The highest BCUT2D eigenvalue weighted by Gasteiger charge is 2.22. The van der Waals surface area contributed by atoms with Crippen LogP contribution in [-0.4, -0.2) is 18.4 Å². The van der Waals surface area contributed by atoms with Crippen LogP contribution in [0.1, 0.15) is 23.0 Å². The Morgan fingerprint density at radius 2 is 2.12 bits per heavy atom. The van der Waals surface area contributed by atoms with Crippen molar-refractivity contribution in [2.45, 2.75) is 13.8 Å². The minimum Gasteiger partial charge on any atom is -0.460 e. The molecule has 0 aliphatic rings. The summed E-state index contributed by atoms with van der Waals surface area (Å²) in [4.78, 5) is 22.9. The average molecular weight is 232 g/mol. The van der Waals surface area contributed by atoms with Gasteiger partial charge in [-0.25, -0.2) is 4.79 Å². The number of para-hydroxylation sites is 1. The number of Topliss-reactive ketones (excluding diaryl/α,β-unsaturated/α-hetero) is 1. The Hall–Kier alpha value is -2.10. The van der Waals surface area contributed by atoms with Crippen molar-refractivity contribution in [2.75, 3.05) is 6.61 Å². The zero-order chi connectivity index (χ0) is 12.4. The quantitative estimate of drug-likeness (QED) is 0.463. The molecule has 0 radical (unpaired) electrons. The second kappa shape index (κ2) is 4.41. The highest BCUT2D eigenvalue weighted by molar-refractivity contribution is 6.40. The van der Waals surface area contributed by atoms with Crippen LogP contribution in [0.15, 0.2) is 28.7 Å². The first-order valence-electron chi connectivity index (χ1n) is 5.34. The van der Waals surface area contributed by atoms with Crippen LogP contribution in [-0.2, 0) is 9.53 Å². The summed E-state index contributed by atoms with van der Waals surface area (Å²) in [5.74, 6) is -1.61. The Morgan fingerprint density at radius 3 is 2.76 bits per heavy atom. The van der Waals surface area contributed by atoms with Gasteiger partial charge >= 0.3 is 11.8 Å². The van der Waals surface area contributed by atoms with Crippen molar-refractivity contribution in [3.63, 3.8) is 0 Å². The maximum absolute atomic E-state index is 11.6. The molecule has 0 aliphatic carbocycles.